The molecule has 2 bridgehead atoms. The monoisotopic (exact) mass is 844 g/mol. The molecule has 5 fully saturated rings. The number of ether oxygens (including phenoxy) is 1. The second kappa shape index (κ2) is 18.1. The Balaban J connectivity index is 0.819. The maximum absolute atomic E-state index is 13.7. The number of allylic oxidation sites excluding steroid dienone is 1. The summed E-state index contributed by atoms with van der Waals surface area (Å²) in [6.45, 7) is 8.94. The first-order valence-electron chi connectivity index (χ1n) is 22.0. The van der Waals surface area contributed by atoms with Crippen LogP contribution < -0.4 is 30.5 Å². The number of likely N-dealkylation sites (tertiary alicyclic amines) is 2. The molecule has 15 nitrogen and oxygen atoms in total. The van der Waals surface area contributed by atoms with Gasteiger partial charge in [-0.1, -0.05) is 24.3 Å². The number of rotatable bonds is 12. The Kier molecular flexibility index (Phi) is 12.4. The quantitative estimate of drug-likeness (QED) is 0.100. The van der Waals surface area contributed by atoms with Gasteiger partial charge < -0.3 is 45.5 Å². The van der Waals surface area contributed by atoms with Gasteiger partial charge in [0.05, 0.1) is 18.0 Å². The fraction of sp³-hybridized carbons (Fsp3) is 0.468. The van der Waals surface area contributed by atoms with Gasteiger partial charge in [-0.15, -0.1) is 0 Å². The number of fused-ring (bicyclic) bond motifs is 2. The number of para-hydroxylation sites is 1. The molecule has 5 aliphatic heterocycles. The number of nitrogens with zero attached hydrogens (tertiary/aromatic N) is 6. The Labute approximate surface area is 364 Å². The van der Waals surface area contributed by atoms with Gasteiger partial charge in [-0.2, -0.15) is 0 Å². The summed E-state index contributed by atoms with van der Waals surface area (Å²) in [5.41, 5.74) is 10.2. The summed E-state index contributed by atoms with van der Waals surface area (Å²) < 4.78 is 6.57. The van der Waals surface area contributed by atoms with E-state index in [9.17, 15) is 19.5 Å². The van der Waals surface area contributed by atoms with Crippen molar-refractivity contribution in [1.82, 2.24) is 20.0 Å². The van der Waals surface area contributed by atoms with Gasteiger partial charge in [0.15, 0.2) is 0 Å². The minimum atomic E-state index is -0.391. The van der Waals surface area contributed by atoms with E-state index in [0.29, 0.717) is 56.8 Å². The highest BCUT2D eigenvalue weighted by molar-refractivity contribution is 6.12. The standard InChI is InChI=1S/C47H60N10O5/c1-30-25-53(26-31(2)56(30)33-9-6-8-32(22-33)52(3)41-16-17-44(59)51-47(41)61)29-45(60)54-20-18-37(19-21-54)62-38-11-7-10-34(23-38)57-35-14-15-36(57)28-55(27-35)42(46(49)50)24-40(48)39-12-4-5-13-43(39)58/h4-13,22-24,30-31,35-37,41,48,58H,14-21,25-29H2,1-3H3,(H3,49,50)(H,51,59,61)/b42-24+,48-40?/t30-,31+,35-,36+,41?. The number of hydrogen-bond donors (Lipinski definition) is 5. The molecule has 5 saturated heterocycles. The summed E-state index contributed by atoms with van der Waals surface area (Å²) in [6.07, 6.45) is 5.98. The van der Waals surface area contributed by atoms with E-state index in [0.717, 1.165) is 61.6 Å². The summed E-state index contributed by atoms with van der Waals surface area (Å²) >= 11 is 0. The van der Waals surface area contributed by atoms with E-state index in [1.54, 1.807) is 30.3 Å². The van der Waals surface area contributed by atoms with E-state index in [2.05, 4.69) is 63.0 Å². The number of piperazine rings is 2. The van der Waals surface area contributed by atoms with Gasteiger partial charge in [-0.05, 0) is 81.7 Å². The molecule has 328 valence electrons. The maximum atomic E-state index is 13.7. The average molecular weight is 845 g/mol. The van der Waals surface area contributed by atoms with Gasteiger partial charge >= 0.3 is 0 Å². The normalized spacial score (nSPS) is 24.8. The van der Waals surface area contributed by atoms with E-state index in [1.165, 1.54) is 0 Å². The zero-order valence-corrected chi connectivity index (χ0v) is 36.0. The van der Waals surface area contributed by atoms with Crippen LogP contribution in [0.3, 0.4) is 0 Å². The largest absolute Gasteiger partial charge is 0.507 e. The number of amides is 3. The number of phenols is 1. The van der Waals surface area contributed by atoms with Crippen LogP contribution in [0.15, 0.2) is 84.6 Å². The highest BCUT2D eigenvalue weighted by atomic mass is 16.5. The van der Waals surface area contributed by atoms with Gasteiger partial charge in [0.1, 0.15) is 29.5 Å². The number of carbonyl (C=O) groups is 3. The third-order valence-corrected chi connectivity index (χ3v) is 13.4. The van der Waals surface area contributed by atoms with Crippen molar-refractivity contribution in [2.75, 3.05) is 67.6 Å². The van der Waals surface area contributed by atoms with Crippen molar-refractivity contribution >= 4 is 46.3 Å². The van der Waals surface area contributed by atoms with Crippen LogP contribution in [0.25, 0.3) is 0 Å². The number of hydrogen-bond acceptors (Lipinski definition) is 12. The molecule has 0 saturated carbocycles. The van der Waals surface area contributed by atoms with Crippen molar-refractivity contribution in [2.24, 2.45) is 5.73 Å². The van der Waals surface area contributed by atoms with Crippen LogP contribution in [0.2, 0.25) is 0 Å². The molecule has 0 radical (unpaired) electrons. The second-order valence-electron chi connectivity index (χ2n) is 17.7. The van der Waals surface area contributed by atoms with Crippen molar-refractivity contribution in [3.63, 3.8) is 0 Å². The van der Waals surface area contributed by atoms with Crippen LogP contribution in [-0.4, -0.2) is 138 Å². The van der Waals surface area contributed by atoms with Crippen molar-refractivity contribution in [2.45, 2.75) is 88.7 Å². The van der Waals surface area contributed by atoms with Gasteiger partial charge in [-0.3, -0.25) is 30.0 Å². The highest BCUT2D eigenvalue weighted by Crippen LogP contribution is 2.38. The van der Waals surface area contributed by atoms with Gasteiger partial charge in [0, 0.05) is 118 Å². The number of aromatic hydroxyl groups is 1. The molecule has 0 spiro atoms. The molecule has 0 aliphatic carbocycles. The van der Waals surface area contributed by atoms with Crippen LogP contribution in [0.4, 0.5) is 17.1 Å². The first kappa shape index (κ1) is 42.6. The molecular formula is C47H60N10O5. The third kappa shape index (κ3) is 9.08. The predicted molar refractivity (Wildman–Crippen MR) is 241 cm³/mol. The fourth-order valence-corrected chi connectivity index (χ4v) is 10.4. The van der Waals surface area contributed by atoms with Gasteiger partial charge in [0.25, 0.3) is 0 Å². The summed E-state index contributed by atoms with van der Waals surface area (Å²) in [5, 5.41) is 29.7. The van der Waals surface area contributed by atoms with Crippen LogP contribution in [-0.2, 0) is 14.4 Å². The predicted octanol–water partition coefficient (Wildman–Crippen LogP) is 4.14. The number of phenolic OH excluding ortho intramolecular Hbond substituents is 1. The summed E-state index contributed by atoms with van der Waals surface area (Å²) in [5.74, 6) is 0.426. The first-order valence-corrected chi connectivity index (χ1v) is 22.0. The third-order valence-electron chi connectivity index (χ3n) is 13.4. The minimum Gasteiger partial charge on any atom is -0.507 e. The number of amidine groups is 1. The van der Waals surface area contributed by atoms with Crippen LogP contribution in [0.1, 0.15) is 57.9 Å². The van der Waals surface area contributed by atoms with E-state index < -0.39 is 6.04 Å². The molecule has 5 heterocycles. The lowest BCUT2D eigenvalue weighted by molar-refractivity contribution is -0.135. The molecule has 3 aromatic rings. The topological polar surface area (TPSA) is 186 Å². The van der Waals surface area contributed by atoms with Crippen molar-refractivity contribution < 1.29 is 24.2 Å². The van der Waals surface area contributed by atoms with Gasteiger partial charge in [-0.25, -0.2) is 0 Å². The number of benzene rings is 3. The Morgan fingerprint density at radius 1 is 0.855 bits per heavy atom. The fourth-order valence-electron chi connectivity index (χ4n) is 10.4. The molecule has 0 aromatic heterocycles. The molecule has 6 N–H and O–H groups in total. The summed E-state index contributed by atoms with van der Waals surface area (Å²) in [4.78, 5) is 51.1. The second-order valence-corrected chi connectivity index (χ2v) is 17.7. The SMILES string of the molecule is C[C@@H]1CN(CC(=O)N2CCC(Oc3cccc(N4[C@@H]5CC[C@H]4CN(/C(=C/C(=N)c4ccccc4O)C(=N)N)C5)c3)CC2)C[C@H](C)N1c1cccc(N(C)C2CCC(=O)NC2=O)c1. The number of imide groups is 1. The molecule has 62 heavy (non-hydrogen) atoms. The van der Waals surface area contributed by atoms with Crippen LogP contribution >= 0.6 is 0 Å². The molecule has 1 unspecified atom stereocenters. The lowest BCUT2D eigenvalue weighted by atomic mass is 10.0. The first-order chi connectivity index (χ1) is 29.8. The Hall–Kier alpha value is -6.09. The summed E-state index contributed by atoms with van der Waals surface area (Å²) in [7, 11) is 1.90. The molecule has 5 atom stereocenters. The lowest BCUT2D eigenvalue weighted by Crippen LogP contribution is -2.59. The molecular weight excluding hydrogens is 785 g/mol. The van der Waals surface area contributed by atoms with E-state index >= 15 is 0 Å². The molecule has 5 aliphatic rings. The molecule has 3 amide bonds. The molecule has 8 rings (SSSR count). The van der Waals surface area contributed by atoms with Crippen molar-refractivity contribution in [3.8, 4) is 11.5 Å². The number of nitrogens with two attached hydrogens (primary N) is 1. The zero-order chi connectivity index (χ0) is 43.7. The highest BCUT2D eigenvalue weighted by Gasteiger charge is 2.41. The van der Waals surface area contributed by atoms with E-state index in [4.69, 9.17) is 21.3 Å². The summed E-state index contributed by atoms with van der Waals surface area (Å²) in [6, 6.07) is 23.6. The Morgan fingerprint density at radius 3 is 2.18 bits per heavy atom. The van der Waals surface area contributed by atoms with Gasteiger partial charge in [0.2, 0.25) is 17.7 Å². The minimum absolute atomic E-state index is 0.0129. The molecule has 15 heteroatoms. The zero-order valence-electron chi connectivity index (χ0n) is 36.0. The number of carbonyl (C=O) groups excluding carboxylic acids is 3. The lowest BCUT2D eigenvalue weighted by Gasteiger charge is -2.46. The Bertz CT molecular complexity index is 2200. The average Bonchev–Trinajstić information content (AvgIpc) is 3.51. The van der Waals surface area contributed by atoms with Crippen LogP contribution in [0.5, 0.6) is 11.5 Å². The number of nitrogens with one attached hydrogen (secondary N) is 3. The smallest absolute Gasteiger partial charge is 0.249 e. The van der Waals surface area contributed by atoms with Crippen molar-refractivity contribution in [3.05, 3.63) is 90.1 Å². The number of anilines is 3. The van der Waals surface area contributed by atoms with Crippen molar-refractivity contribution in [1.29, 1.82) is 10.8 Å². The number of piperidine rings is 2. The van der Waals surface area contributed by atoms with E-state index in [-0.39, 0.29) is 65.3 Å². The molecule has 3 aromatic carbocycles. The number of likely N-dealkylation sites (N-methyl/N-ethyl adjacent to an activating group) is 1. The maximum Gasteiger partial charge on any atom is 0.249 e. The van der Waals surface area contributed by atoms with Crippen LogP contribution in [0, 0.1) is 10.8 Å². The van der Waals surface area contributed by atoms with E-state index in [1.807, 2.05) is 41.1 Å². The Morgan fingerprint density at radius 2 is 1.52 bits per heavy atom.